The largest absolute Gasteiger partial charge is 0.493 e. The number of carbonyl (C=O) groups excluding carboxylic acids is 2. The highest BCUT2D eigenvalue weighted by molar-refractivity contribution is 6.32. The van der Waals surface area contributed by atoms with Gasteiger partial charge in [-0.3, -0.25) is 25.2 Å². The number of methoxy groups -OCH3 is 1. The second-order valence-corrected chi connectivity index (χ2v) is 7.49. The molecule has 0 unspecified atom stereocenters. The van der Waals surface area contributed by atoms with Crippen molar-refractivity contribution in [2.24, 2.45) is 0 Å². The molecular weight excluding hydrogens is 436 g/mol. The minimum Gasteiger partial charge on any atom is -0.493 e. The standard InChI is InChI=1S/C22H23ClN4O5/c1-5-27-22(30)15-9-7-6-8-14(15)18(26-27)21(29)25-24-20(28)13-10-16(23)19(32-12(2)3)17(11-13)31-4/h6-12H,5H2,1-4H3,(H,24,28)(H,25,29). The van der Waals surface area contributed by atoms with Crippen LogP contribution in [0.2, 0.25) is 5.02 Å². The van der Waals surface area contributed by atoms with Crippen LogP contribution in [0.3, 0.4) is 0 Å². The predicted octanol–water partition coefficient (Wildman–Crippen LogP) is 2.94. The molecule has 10 heteroatoms. The Hall–Kier alpha value is -3.59. The fraction of sp³-hybridized carbons (Fsp3) is 0.273. The predicted molar refractivity (Wildman–Crippen MR) is 120 cm³/mol. The van der Waals surface area contributed by atoms with E-state index in [4.69, 9.17) is 21.1 Å². The van der Waals surface area contributed by atoms with Gasteiger partial charge in [-0.25, -0.2) is 4.68 Å². The van der Waals surface area contributed by atoms with Crippen LogP contribution in [0, 0.1) is 0 Å². The molecule has 0 saturated heterocycles. The van der Waals surface area contributed by atoms with E-state index in [0.29, 0.717) is 23.1 Å². The summed E-state index contributed by atoms with van der Waals surface area (Å²) in [6, 6.07) is 9.51. The smallest absolute Gasteiger partial charge is 0.290 e. The molecule has 1 heterocycles. The number of halogens is 1. The molecule has 168 valence electrons. The van der Waals surface area contributed by atoms with Crippen molar-refractivity contribution in [2.75, 3.05) is 7.11 Å². The Morgan fingerprint density at radius 1 is 1.12 bits per heavy atom. The maximum absolute atomic E-state index is 12.8. The molecule has 9 nitrogen and oxygen atoms in total. The number of rotatable bonds is 6. The van der Waals surface area contributed by atoms with E-state index in [2.05, 4.69) is 16.0 Å². The average molecular weight is 459 g/mol. The number of carbonyl (C=O) groups is 2. The fourth-order valence-electron chi connectivity index (χ4n) is 3.06. The second-order valence-electron chi connectivity index (χ2n) is 7.08. The molecule has 0 bridgehead atoms. The van der Waals surface area contributed by atoms with Crippen LogP contribution in [0.4, 0.5) is 0 Å². The van der Waals surface area contributed by atoms with Gasteiger partial charge >= 0.3 is 0 Å². The zero-order chi connectivity index (χ0) is 23.4. The van der Waals surface area contributed by atoms with Gasteiger partial charge in [-0.1, -0.05) is 29.8 Å². The second kappa shape index (κ2) is 9.69. The SMILES string of the molecule is CCn1nc(C(=O)NNC(=O)c2cc(Cl)c(OC(C)C)c(OC)c2)c2ccccc2c1=O. The van der Waals surface area contributed by atoms with Crippen LogP contribution in [0.15, 0.2) is 41.2 Å². The number of ether oxygens (including phenoxy) is 2. The molecule has 0 aliphatic carbocycles. The van der Waals surface area contributed by atoms with Gasteiger partial charge in [0.25, 0.3) is 17.4 Å². The first-order valence-corrected chi connectivity index (χ1v) is 10.3. The van der Waals surface area contributed by atoms with Crippen LogP contribution in [-0.2, 0) is 6.54 Å². The van der Waals surface area contributed by atoms with Crippen molar-refractivity contribution in [2.45, 2.75) is 33.4 Å². The van der Waals surface area contributed by atoms with Crippen LogP contribution in [0.1, 0.15) is 41.6 Å². The maximum atomic E-state index is 12.8. The van der Waals surface area contributed by atoms with Crippen LogP contribution in [0.5, 0.6) is 11.5 Å². The number of nitrogens with zero attached hydrogens (tertiary/aromatic N) is 2. The van der Waals surface area contributed by atoms with Gasteiger partial charge in [0.1, 0.15) is 0 Å². The van der Waals surface area contributed by atoms with Gasteiger partial charge in [0, 0.05) is 17.5 Å². The Kier molecular flexibility index (Phi) is 6.99. The number of nitrogens with one attached hydrogen (secondary N) is 2. The summed E-state index contributed by atoms with van der Waals surface area (Å²) in [6.07, 6.45) is -0.144. The Bertz CT molecular complexity index is 1240. The Balaban J connectivity index is 1.84. The van der Waals surface area contributed by atoms with E-state index < -0.39 is 11.8 Å². The summed E-state index contributed by atoms with van der Waals surface area (Å²) in [5, 5.41) is 5.07. The highest BCUT2D eigenvalue weighted by atomic mass is 35.5. The van der Waals surface area contributed by atoms with Crippen molar-refractivity contribution in [1.82, 2.24) is 20.6 Å². The summed E-state index contributed by atoms with van der Waals surface area (Å²) in [5.41, 5.74) is 4.53. The van der Waals surface area contributed by atoms with Gasteiger partial charge in [0.05, 0.1) is 23.6 Å². The van der Waals surface area contributed by atoms with Crippen molar-refractivity contribution in [3.8, 4) is 11.5 Å². The average Bonchev–Trinajstić information content (AvgIpc) is 2.78. The summed E-state index contributed by atoms with van der Waals surface area (Å²) in [5.74, 6) is -0.690. The molecule has 2 aromatic carbocycles. The topological polar surface area (TPSA) is 112 Å². The molecule has 0 aliphatic heterocycles. The molecular formula is C22H23ClN4O5. The first kappa shape index (κ1) is 23.1. The van der Waals surface area contributed by atoms with E-state index in [9.17, 15) is 14.4 Å². The number of fused-ring (bicyclic) bond motifs is 1. The molecule has 0 fully saturated rings. The van der Waals surface area contributed by atoms with Gasteiger partial charge in [-0.05, 0) is 39.0 Å². The van der Waals surface area contributed by atoms with E-state index in [-0.39, 0.29) is 33.7 Å². The number of aryl methyl sites for hydroxylation is 1. The minimum absolute atomic E-state index is 0.0126. The van der Waals surface area contributed by atoms with E-state index in [1.165, 1.54) is 23.9 Å². The summed E-state index contributed by atoms with van der Waals surface area (Å²) >= 11 is 6.26. The monoisotopic (exact) mass is 458 g/mol. The van der Waals surface area contributed by atoms with E-state index in [1.54, 1.807) is 31.2 Å². The molecule has 0 atom stereocenters. The first-order valence-electron chi connectivity index (χ1n) is 9.91. The summed E-state index contributed by atoms with van der Waals surface area (Å²) in [6.45, 7) is 5.71. The molecule has 0 radical (unpaired) electrons. The molecule has 2 N–H and O–H groups in total. The van der Waals surface area contributed by atoms with Crippen LogP contribution < -0.4 is 25.9 Å². The fourth-order valence-corrected chi connectivity index (χ4v) is 3.32. The van der Waals surface area contributed by atoms with Gasteiger partial charge in [-0.2, -0.15) is 5.10 Å². The van der Waals surface area contributed by atoms with E-state index >= 15 is 0 Å². The highest BCUT2D eigenvalue weighted by Crippen LogP contribution is 2.37. The number of aromatic nitrogens is 2. The lowest BCUT2D eigenvalue weighted by Gasteiger charge is -2.16. The van der Waals surface area contributed by atoms with Crippen molar-refractivity contribution in [3.05, 3.63) is 63.0 Å². The lowest BCUT2D eigenvalue weighted by atomic mass is 10.1. The molecule has 0 spiro atoms. The lowest BCUT2D eigenvalue weighted by Crippen LogP contribution is -2.42. The third-order valence-electron chi connectivity index (χ3n) is 4.52. The molecule has 0 aliphatic rings. The molecule has 3 aromatic rings. The van der Waals surface area contributed by atoms with Gasteiger partial charge < -0.3 is 9.47 Å². The molecule has 2 amide bonds. The highest BCUT2D eigenvalue weighted by Gasteiger charge is 2.19. The summed E-state index contributed by atoms with van der Waals surface area (Å²) < 4.78 is 12.1. The van der Waals surface area contributed by atoms with Gasteiger partial charge in [0.15, 0.2) is 17.2 Å². The Morgan fingerprint density at radius 3 is 2.41 bits per heavy atom. The summed E-state index contributed by atoms with van der Waals surface area (Å²) in [4.78, 5) is 37.8. The summed E-state index contributed by atoms with van der Waals surface area (Å²) in [7, 11) is 1.43. The normalized spacial score (nSPS) is 10.8. The zero-order valence-electron chi connectivity index (χ0n) is 18.1. The third kappa shape index (κ3) is 4.67. The first-order chi connectivity index (χ1) is 15.3. The quantitative estimate of drug-likeness (QED) is 0.549. The Labute approximate surface area is 189 Å². The third-order valence-corrected chi connectivity index (χ3v) is 4.80. The molecule has 1 aromatic heterocycles. The molecule has 3 rings (SSSR count). The van der Waals surface area contributed by atoms with E-state index in [0.717, 1.165) is 0 Å². The van der Waals surface area contributed by atoms with Crippen LogP contribution in [-0.4, -0.2) is 34.8 Å². The maximum Gasteiger partial charge on any atom is 0.290 e. The van der Waals surface area contributed by atoms with Gasteiger partial charge in [-0.15, -0.1) is 0 Å². The number of hydrogen-bond acceptors (Lipinski definition) is 6. The van der Waals surface area contributed by atoms with E-state index in [1.807, 2.05) is 13.8 Å². The van der Waals surface area contributed by atoms with Crippen molar-refractivity contribution < 1.29 is 19.1 Å². The van der Waals surface area contributed by atoms with Crippen molar-refractivity contribution in [1.29, 1.82) is 0 Å². The number of hydrogen-bond donors (Lipinski definition) is 2. The van der Waals surface area contributed by atoms with Crippen LogP contribution >= 0.6 is 11.6 Å². The molecule has 0 saturated carbocycles. The van der Waals surface area contributed by atoms with Crippen molar-refractivity contribution >= 4 is 34.2 Å². The van der Waals surface area contributed by atoms with Crippen LogP contribution in [0.25, 0.3) is 10.8 Å². The zero-order valence-corrected chi connectivity index (χ0v) is 18.8. The van der Waals surface area contributed by atoms with Crippen molar-refractivity contribution in [3.63, 3.8) is 0 Å². The Morgan fingerprint density at radius 2 is 1.78 bits per heavy atom. The lowest BCUT2D eigenvalue weighted by molar-refractivity contribution is 0.0843. The molecule has 32 heavy (non-hydrogen) atoms. The number of amides is 2. The number of hydrazine groups is 1. The van der Waals surface area contributed by atoms with Gasteiger partial charge in [0.2, 0.25) is 0 Å². The minimum atomic E-state index is -0.672. The number of benzene rings is 2.